The number of hydrogen-bond acceptors (Lipinski definition) is 3. The Morgan fingerprint density at radius 3 is 3.10 bits per heavy atom. The van der Waals surface area contributed by atoms with E-state index in [0.29, 0.717) is 0 Å². The number of rotatable bonds is 2. The van der Waals surface area contributed by atoms with Crippen LogP contribution in [0.5, 0.6) is 5.75 Å². The van der Waals surface area contributed by atoms with Crippen molar-refractivity contribution in [1.82, 2.24) is 0 Å². The van der Waals surface area contributed by atoms with Crippen molar-refractivity contribution >= 4 is 11.4 Å². The van der Waals surface area contributed by atoms with Gasteiger partial charge < -0.3 is 15.0 Å². The van der Waals surface area contributed by atoms with E-state index in [1.807, 2.05) is 6.07 Å². The molecule has 0 aromatic heterocycles. The summed E-state index contributed by atoms with van der Waals surface area (Å²) >= 11 is 0. The fraction of sp³-hybridized carbons (Fsp3) is 0.333. The third kappa shape index (κ3) is 2.44. The number of benzene rings is 2. The van der Waals surface area contributed by atoms with Gasteiger partial charge in [-0.15, -0.1) is 0 Å². The summed E-state index contributed by atoms with van der Waals surface area (Å²) in [7, 11) is 0. The molecule has 2 aliphatic rings. The molecular formula is C18H20N2O. The summed E-state index contributed by atoms with van der Waals surface area (Å²) in [5.74, 6) is 1.01. The van der Waals surface area contributed by atoms with Crippen LogP contribution in [0.3, 0.4) is 0 Å². The van der Waals surface area contributed by atoms with Crippen molar-refractivity contribution < 1.29 is 4.74 Å². The largest absolute Gasteiger partial charge is 0.491 e. The molecule has 0 atom stereocenters. The van der Waals surface area contributed by atoms with Gasteiger partial charge in [-0.2, -0.15) is 0 Å². The van der Waals surface area contributed by atoms with Crippen LogP contribution in [-0.2, 0) is 13.0 Å². The van der Waals surface area contributed by atoms with Crippen LogP contribution < -0.4 is 15.0 Å². The lowest BCUT2D eigenvalue weighted by Crippen LogP contribution is -2.23. The number of ether oxygens (including phenoxy) is 1. The topological polar surface area (TPSA) is 24.5 Å². The molecule has 3 heteroatoms. The smallest absolute Gasteiger partial charge is 0.142 e. The highest BCUT2D eigenvalue weighted by atomic mass is 16.5. The maximum atomic E-state index is 5.84. The molecule has 2 heterocycles. The minimum absolute atomic E-state index is 0.807. The van der Waals surface area contributed by atoms with Crippen molar-refractivity contribution in [2.75, 3.05) is 29.9 Å². The van der Waals surface area contributed by atoms with Crippen LogP contribution in [0.15, 0.2) is 42.5 Å². The molecule has 2 aliphatic heterocycles. The summed E-state index contributed by atoms with van der Waals surface area (Å²) in [6, 6.07) is 15.2. The second-order valence-corrected chi connectivity index (χ2v) is 5.76. The molecule has 1 N–H and O–H groups in total. The third-order valence-corrected chi connectivity index (χ3v) is 4.29. The van der Waals surface area contributed by atoms with Gasteiger partial charge in [0.2, 0.25) is 0 Å². The Labute approximate surface area is 125 Å². The zero-order valence-electron chi connectivity index (χ0n) is 12.1. The first-order valence-electron chi connectivity index (χ1n) is 7.72. The first-order chi connectivity index (χ1) is 10.4. The second-order valence-electron chi connectivity index (χ2n) is 5.76. The summed E-state index contributed by atoms with van der Waals surface area (Å²) in [6.07, 6.45) is 2.21. The molecule has 3 nitrogen and oxygen atoms in total. The summed E-state index contributed by atoms with van der Waals surface area (Å²) in [5, 5.41) is 3.42. The van der Waals surface area contributed by atoms with Crippen LogP contribution in [0.1, 0.15) is 17.5 Å². The highest BCUT2D eigenvalue weighted by Crippen LogP contribution is 2.32. The molecule has 0 unspecified atom stereocenters. The van der Waals surface area contributed by atoms with Crippen LogP contribution in [0.2, 0.25) is 0 Å². The molecule has 2 aromatic rings. The Bertz CT molecular complexity index is 653. The zero-order valence-corrected chi connectivity index (χ0v) is 12.1. The SMILES string of the molecule is c1ccc2c(c1)OCCCN2Cc1ccc2c(c1)CCN2. The van der Waals surface area contributed by atoms with Gasteiger partial charge in [-0.1, -0.05) is 24.3 Å². The summed E-state index contributed by atoms with van der Waals surface area (Å²) in [4.78, 5) is 2.44. The van der Waals surface area contributed by atoms with Crippen LogP contribution >= 0.6 is 0 Å². The molecule has 0 radical (unpaired) electrons. The lowest BCUT2D eigenvalue weighted by atomic mass is 10.1. The molecule has 0 amide bonds. The molecule has 0 aliphatic carbocycles. The molecule has 0 saturated carbocycles. The minimum Gasteiger partial charge on any atom is -0.491 e. The molecule has 0 bridgehead atoms. The van der Waals surface area contributed by atoms with E-state index in [2.05, 4.69) is 46.6 Å². The Balaban J connectivity index is 1.62. The Morgan fingerprint density at radius 2 is 2.10 bits per heavy atom. The van der Waals surface area contributed by atoms with Crippen molar-refractivity contribution in [2.24, 2.45) is 0 Å². The molecule has 2 aromatic carbocycles. The Morgan fingerprint density at radius 1 is 1.14 bits per heavy atom. The predicted molar refractivity (Wildman–Crippen MR) is 86.2 cm³/mol. The molecule has 0 spiro atoms. The van der Waals surface area contributed by atoms with E-state index in [1.165, 1.54) is 22.5 Å². The zero-order chi connectivity index (χ0) is 14.1. The lowest BCUT2D eigenvalue weighted by Gasteiger charge is -2.24. The fourth-order valence-corrected chi connectivity index (χ4v) is 3.24. The highest BCUT2D eigenvalue weighted by Gasteiger charge is 2.17. The van der Waals surface area contributed by atoms with Crippen molar-refractivity contribution in [3.63, 3.8) is 0 Å². The van der Waals surface area contributed by atoms with Gasteiger partial charge in [0.25, 0.3) is 0 Å². The van der Waals surface area contributed by atoms with E-state index in [-0.39, 0.29) is 0 Å². The fourth-order valence-electron chi connectivity index (χ4n) is 3.24. The molecule has 108 valence electrons. The third-order valence-electron chi connectivity index (χ3n) is 4.29. The molecule has 4 rings (SSSR count). The highest BCUT2D eigenvalue weighted by molar-refractivity contribution is 5.60. The average Bonchev–Trinajstić information content (AvgIpc) is 2.89. The van der Waals surface area contributed by atoms with Gasteiger partial charge in [0.15, 0.2) is 0 Å². The van der Waals surface area contributed by atoms with E-state index in [0.717, 1.165) is 44.8 Å². The first-order valence-corrected chi connectivity index (χ1v) is 7.72. The quantitative estimate of drug-likeness (QED) is 0.912. The van der Waals surface area contributed by atoms with Gasteiger partial charge in [-0.3, -0.25) is 0 Å². The molecule has 0 fully saturated rings. The van der Waals surface area contributed by atoms with Crippen molar-refractivity contribution in [2.45, 2.75) is 19.4 Å². The van der Waals surface area contributed by atoms with Crippen molar-refractivity contribution in [3.05, 3.63) is 53.6 Å². The monoisotopic (exact) mass is 280 g/mol. The minimum atomic E-state index is 0.807. The number of nitrogens with zero attached hydrogens (tertiary/aromatic N) is 1. The van der Waals surface area contributed by atoms with Crippen LogP contribution in [-0.4, -0.2) is 19.7 Å². The molecular weight excluding hydrogens is 260 g/mol. The summed E-state index contributed by atoms with van der Waals surface area (Å²) < 4.78 is 5.84. The van der Waals surface area contributed by atoms with Gasteiger partial charge in [-0.25, -0.2) is 0 Å². The number of hydrogen-bond donors (Lipinski definition) is 1. The normalized spacial score (nSPS) is 16.5. The van der Waals surface area contributed by atoms with Gasteiger partial charge in [-0.05, 0) is 42.2 Å². The Kier molecular flexibility index (Phi) is 3.18. The maximum absolute atomic E-state index is 5.84. The lowest BCUT2D eigenvalue weighted by molar-refractivity contribution is 0.322. The Hall–Kier alpha value is -2.16. The number of para-hydroxylation sites is 2. The summed E-state index contributed by atoms with van der Waals surface area (Å²) in [5.41, 5.74) is 5.35. The van der Waals surface area contributed by atoms with Crippen LogP contribution in [0.4, 0.5) is 11.4 Å². The number of nitrogens with one attached hydrogen (secondary N) is 1. The van der Waals surface area contributed by atoms with Gasteiger partial charge in [0.1, 0.15) is 5.75 Å². The van der Waals surface area contributed by atoms with Gasteiger partial charge in [0, 0.05) is 25.3 Å². The first kappa shape index (κ1) is 12.6. The van der Waals surface area contributed by atoms with Crippen LogP contribution in [0, 0.1) is 0 Å². The standard InChI is InChI=1S/C18H20N2O/c1-2-5-18-17(4-1)20(10-3-11-21-18)13-14-6-7-16-15(12-14)8-9-19-16/h1-2,4-7,12,19H,3,8-11,13H2. The molecule has 21 heavy (non-hydrogen) atoms. The predicted octanol–water partition coefficient (Wildman–Crippen LogP) is 3.44. The van der Waals surface area contributed by atoms with E-state index in [1.54, 1.807) is 0 Å². The van der Waals surface area contributed by atoms with Gasteiger partial charge >= 0.3 is 0 Å². The molecule has 0 saturated heterocycles. The average molecular weight is 280 g/mol. The van der Waals surface area contributed by atoms with E-state index in [4.69, 9.17) is 4.74 Å². The maximum Gasteiger partial charge on any atom is 0.142 e. The summed E-state index contributed by atoms with van der Waals surface area (Å²) in [6.45, 7) is 3.88. The van der Waals surface area contributed by atoms with Crippen LogP contribution in [0.25, 0.3) is 0 Å². The van der Waals surface area contributed by atoms with Crippen molar-refractivity contribution in [3.8, 4) is 5.75 Å². The van der Waals surface area contributed by atoms with Gasteiger partial charge in [0.05, 0.1) is 12.3 Å². The number of anilines is 2. The van der Waals surface area contributed by atoms with Crippen molar-refractivity contribution in [1.29, 1.82) is 0 Å². The second kappa shape index (κ2) is 5.32. The number of fused-ring (bicyclic) bond motifs is 2. The van der Waals surface area contributed by atoms with E-state index >= 15 is 0 Å². The van der Waals surface area contributed by atoms with E-state index < -0.39 is 0 Å². The van der Waals surface area contributed by atoms with E-state index in [9.17, 15) is 0 Å².